The van der Waals surface area contributed by atoms with E-state index in [0.29, 0.717) is 18.8 Å². The van der Waals surface area contributed by atoms with Gasteiger partial charge in [0.2, 0.25) is 0 Å². The summed E-state index contributed by atoms with van der Waals surface area (Å²) in [5.41, 5.74) is 7.13. The minimum atomic E-state index is -0.948. The molecule has 0 aromatic heterocycles. The fourth-order valence-corrected chi connectivity index (χ4v) is 2.45. The van der Waals surface area contributed by atoms with Gasteiger partial charge in [0.25, 0.3) is 0 Å². The highest BCUT2D eigenvalue weighted by Gasteiger charge is 2.28. The highest BCUT2D eigenvalue weighted by atomic mass is 16.5. The molecule has 0 bridgehead atoms. The van der Waals surface area contributed by atoms with Crippen LogP contribution >= 0.6 is 0 Å². The normalized spacial score (nSPS) is 23.4. The fourth-order valence-electron chi connectivity index (χ4n) is 2.45. The third-order valence-electron chi connectivity index (χ3n) is 3.50. The molecule has 1 fully saturated rings. The topological polar surface area (TPSA) is 75.8 Å². The molecule has 0 radical (unpaired) electrons. The third kappa shape index (κ3) is 2.81. The summed E-state index contributed by atoms with van der Waals surface area (Å²) < 4.78 is 5.64. The Labute approximate surface area is 113 Å². The van der Waals surface area contributed by atoms with E-state index in [0.717, 1.165) is 12.1 Å². The summed E-state index contributed by atoms with van der Waals surface area (Å²) in [6.45, 7) is 5.40. The Morgan fingerprint density at radius 2 is 2.32 bits per heavy atom. The number of nitrogen functional groups attached to an aromatic ring is 1. The van der Waals surface area contributed by atoms with E-state index in [-0.39, 0.29) is 17.7 Å². The quantitative estimate of drug-likeness (QED) is 0.816. The van der Waals surface area contributed by atoms with Crippen molar-refractivity contribution in [1.29, 1.82) is 0 Å². The molecule has 3 N–H and O–H groups in total. The van der Waals surface area contributed by atoms with Crippen LogP contribution in [0, 0.1) is 0 Å². The number of benzene rings is 1. The minimum Gasteiger partial charge on any atom is -0.478 e. The molecule has 2 atom stereocenters. The standard InChI is InChI=1S/C14H20N2O3/c1-3-11-8-19-9(2)7-16(11)13-5-4-10(15)6-12(13)14(17)18/h4-6,9,11H,3,7-8,15H2,1-2H3,(H,17,18). The van der Waals surface area contributed by atoms with Gasteiger partial charge in [-0.25, -0.2) is 4.79 Å². The second kappa shape index (κ2) is 5.48. The van der Waals surface area contributed by atoms with Gasteiger partial charge in [0.05, 0.1) is 30.0 Å². The number of carboxylic acids is 1. The van der Waals surface area contributed by atoms with E-state index in [4.69, 9.17) is 10.5 Å². The number of carboxylic acid groups (broad SMARTS) is 1. The number of rotatable bonds is 3. The zero-order valence-electron chi connectivity index (χ0n) is 11.3. The molecule has 5 heteroatoms. The predicted octanol–water partition coefficient (Wildman–Crippen LogP) is 1.97. The van der Waals surface area contributed by atoms with Gasteiger partial charge in [-0.15, -0.1) is 0 Å². The molecule has 2 unspecified atom stereocenters. The second-order valence-electron chi connectivity index (χ2n) is 4.94. The van der Waals surface area contributed by atoms with Crippen LogP contribution in [0.15, 0.2) is 18.2 Å². The van der Waals surface area contributed by atoms with Crippen molar-refractivity contribution in [1.82, 2.24) is 0 Å². The van der Waals surface area contributed by atoms with Crippen LogP contribution in [0.3, 0.4) is 0 Å². The molecule has 0 aliphatic carbocycles. The predicted molar refractivity (Wildman–Crippen MR) is 74.7 cm³/mol. The summed E-state index contributed by atoms with van der Waals surface area (Å²) in [5, 5.41) is 9.33. The Bertz CT molecular complexity index is 476. The minimum absolute atomic E-state index is 0.0991. The first-order chi connectivity index (χ1) is 9.02. The Kier molecular flexibility index (Phi) is 3.95. The third-order valence-corrected chi connectivity index (χ3v) is 3.50. The van der Waals surface area contributed by atoms with E-state index in [2.05, 4.69) is 11.8 Å². The first kappa shape index (κ1) is 13.7. The van der Waals surface area contributed by atoms with Gasteiger partial charge in [0.1, 0.15) is 0 Å². The number of nitrogens with two attached hydrogens (primary N) is 1. The van der Waals surface area contributed by atoms with Crippen LogP contribution in [0.5, 0.6) is 0 Å². The van der Waals surface area contributed by atoms with Crippen molar-refractivity contribution in [3.05, 3.63) is 23.8 Å². The van der Waals surface area contributed by atoms with E-state index < -0.39 is 5.97 Å². The zero-order valence-corrected chi connectivity index (χ0v) is 11.3. The van der Waals surface area contributed by atoms with Gasteiger partial charge in [-0.05, 0) is 31.5 Å². The lowest BCUT2D eigenvalue weighted by molar-refractivity contribution is 0.0297. The molecule has 104 valence electrons. The maximum absolute atomic E-state index is 11.4. The average molecular weight is 264 g/mol. The van der Waals surface area contributed by atoms with Crippen LogP contribution in [0.25, 0.3) is 0 Å². The number of morpholine rings is 1. The molecule has 1 saturated heterocycles. The van der Waals surface area contributed by atoms with E-state index in [1.165, 1.54) is 6.07 Å². The van der Waals surface area contributed by atoms with Crippen LogP contribution in [0.1, 0.15) is 30.6 Å². The summed E-state index contributed by atoms with van der Waals surface area (Å²) in [4.78, 5) is 13.5. The number of carbonyl (C=O) groups is 1. The van der Waals surface area contributed by atoms with Crippen molar-refractivity contribution >= 4 is 17.3 Å². The lowest BCUT2D eigenvalue weighted by Gasteiger charge is -2.40. The van der Waals surface area contributed by atoms with Gasteiger partial charge >= 0.3 is 5.97 Å². The first-order valence-electron chi connectivity index (χ1n) is 6.54. The molecule has 0 spiro atoms. The van der Waals surface area contributed by atoms with Gasteiger partial charge in [-0.3, -0.25) is 0 Å². The lowest BCUT2D eigenvalue weighted by atomic mass is 10.1. The Morgan fingerprint density at radius 1 is 1.58 bits per heavy atom. The SMILES string of the molecule is CCC1COC(C)CN1c1ccc(N)cc1C(=O)O. The highest BCUT2D eigenvalue weighted by Crippen LogP contribution is 2.28. The molecular formula is C14H20N2O3. The average Bonchev–Trinajstić information content (AvgIpc) is 2.38. The lowest BCUT2D eigenvalue weighted by Crippen LogP contribution is -2.49. The van der Waals surface area contributed by atoms with Crippen molar-refractivity contribution in [2.75, 3.05) is 23.8 Å². The van der Waals surface area contributed by atoms with E-state index in [1.807, 2.05) is 6.92 Å². The number of anilines is 2. The zero-order chi connectivity index (χ0) is 14.0. The summed E-state index contributed by atoms with van der Waals surface area (Å²) in [5.74, 6) is -0.948. The van der Waals surface area contributed by atoms with E-state index >= 15 is 0 Å². The Morgan fingerprint density at radius 3 is 2.95 bits per heavy atom. The molecule has 1 aliphatic rings. The monoisotopic (exact) mass is 264 g/mol. The molecule has 1 aromatic rings. The molecule has 0 amide bonds. The fraction of sp³-hybridized carbons (Fsp3) is 0.500. The molecule has 0 saturated carbocycles. The van der Waals surface area contributed by atoms with E-state index in [9.17, 15) is 9.90 Å². The molecular weight excluding hydrogens is 244 g/mol. The molecule has 1 aliphatic heterocycles. The van der Waals surface area contributed by atoms with E-state index in [1.54, 1.807) is 12.1 Å². The van der Waals surface area contributed by atoms with Gasteiger partial charge in [-0.1, -0.05) is 6.92 Å². The summed E-state index contributed by atoms with van der Waals surface area (Å²) in [6.07, 6.45) is 1.01. The van der Waals surface area contributed by atoms with Crippen LogP contribution in [-0.2, 0) is 4.74 Å². The summed E-state index contributed by atoms with van der Waals surface area (Å²) in [7, 11) is 0. The molecule has 1 heterocycles. The highest BCUT2D eigenvalue weighted by molar-refractivity contribution is 5.95. The number of hydrogen-bond donors (Lipinski definition) is 2. The summed E-state index contributed by atoms with van der Waals surface area (Å²) in [6, 6.07) is 5.26. The van der Waals surface area contributed by atoms with Crippen LogP contribution in [0.2, 0.25) is 0 Å². The largest absolute Gasteiger partial charge is 0.478 e. The summed E-state index contributed by atoms with van der Waals surface area (Å²) >= 11 is 0. The van der Waals surface area contributed by atoms with Gasteiger partial charge < -0.3 is 20.5 Å². The van der Waals surface area contributed by atoms with Crippen LogP contribution in [0.4, 0.5) is 11.4 Å². The molecule has 1 aromatic carbocycles. The molecule has 19 heavy (non-hydrogen) atoms. The number of nitrogens with zero attached hydrogens (tertiary/aromatic N) is 1. The second-order valence-corrected chi connectivity index (χ2v) is 4.94. The molecule has 5 nitrogen and oxygen atoms in total. The van der Waals surface area contributed by atoms with Crippen molar-refractivity contribution in [2.24, 2.45) is 0 Å². The maximum atomic E-state index is 11.4. The van der Waals surface area contributed by atoms with Crippen molar-refractivity contribution in [3.63, 3.8) is 0 Å². The number of hydrogen-bond acceptors (Lipinski definition) is 4. The van der Waals surface area contributed by atoms with Crippen molar-refractivity contribution in [2.45, 2.75) is 32.4 Å². The van der Waals surface area contributed by atoms with Gasteiger partial charge in [0.15, 0.2) is 0 Å². The van der Waals surface area contributed by atoms with Crippen LogP contribution in [-0.4, -0.2) is 36.4 Å². The maximum Gasteiger partial charge on any atom is 0.337 e. The van der Waals surface area contributed by atoms with Crippen molar-refractivity contribution in [3.8, 4) is 0 Å². The number of ether oxygens (including phenoxy) is 1. The smallest absolute Gasteiger partial charge is 0.337 e. The Hall–Kier alpha value is -1.75. The first-order valence-corrected chi connectivity index (χ1v) is 6.54. The van der Waals surface area contributed by atoms with Gasteiger partial charge in [-0.2, -0.15) is 0 Å². The number of aromatic carboxylic acids is 1. The van der Waals surface area contributed by atoms with Crippen molar-refractivity contribution < 1.29 is 14.6 Å². The molecule has 2 rings (SSSR count). The van der Waals surface area contributed by atoms with Gasteiger partial charge in [0, 0.05) is 12.2 Å². The van der Waals surface area contributed by atoms with Crippen LogP contribution < -0.4 is 10.6 Å². The Balaban J connectivity index is 2.40.